The van der Waals surface area contributed by atoms with Crippen LogP contribution < -0.4 is 4.74 Å². The number of hydrogen-bond acceptors (Lipinski definition) is 4. The highest BCUT2D eigenvalue weighted by atomic mass is 16.5. The van der Waals surface area contributed by atoms with Crippen molar-refractivity contribution in [3.63, 3.8) is 0 Å². The lowest BCUT2D eigenvalue weighted by Gasteiger charge is -2.28. The molecule has 1 amide bonds. The van der Waals surface area contributed by atoms with E-state index in [4.69, 9.17) is 4.74 Å². The van der Waals surface area contributed by atoms with Gasteiger partial charge in [0.05, 0.1) is 18.7 Å². The highest BCUT2D eigenvalue weighted by Gasteiger charge is 2.44. The maximum Gasteiger partial charge on any atom is 0.290 e. The molecule has 2 rings (SSSR count). The first kappa shape index (κ1) is 19.0. The van der Waals surface area contributed by atoms with Gasteiger partial charge in [-0.05, 0) is 12.5 Å². The molecule has 1 aliphatic rings. The number of rotatable bonds is 8. The van der Waals surface area contributed by atoms with Crippen LogP contribution in [0.15, 0.2) is 35.6 Å². The Balaban J connectivity index is 2.52. The van der Waals surface area contributed by atoms with Gasteiger partial charge in [0.2, 0.25) is 0 Å². The number of benzene rings is 1. The lowest BCUT2D eigenvalue weighted by atomic mass is 9.90. The number of aliphatic hydroxyl groups excluding tert-OH is 1. The summed E-state index contributed by atoms with van der Waals surface area (Å²) in [6, 6.07) is 6.73. The number of amides is 1. The summed E-state index contributed by atoms with van der Waals surface area (Å²) in [5.41, 5.74) is 0.906. The molecule has 1 heterocycles. The van der Waals surface area contributed by atoms with Crippen LogP contribution in [0.3, 0.4) is 0 Å². The zero-order valence-electron chi connectivity index (χ0n) is 15.4. The Bertz CT molecular complexity index is 678. The van der Waals surface area contributed by atoms with E-state index < -0.39 is 17.7 Å². The van der Waals surface area contributed by atoms with Gasteiger partial charge >= 0.3 is 0 Å². The summed E-state index contributed by atoms with van der Waals surface area (Å²) in [5.74, 6) is -0.816. The topological polar surface area (TPSA) is 66.8 Å². The van der Waals surface area contributed by atoms with Crippen molar-refractivity contribution in [3.8, 4) is 5.75 Å². The van der Waals surface area contributed by atoms with Crippen molar-refractivity contribution < 1.29 is 19.4 Å². The summed E-state index contributed by atoms with van der Waals surface area (Å²) in [7, 11) is 1.56. The molecule has 0 aromatic heterocycles. The van der Waals surface area contributed by atoms with E-state index in [9.17, 15) is 14.7 Å². The van der Waals surface area contributed by atoms with Gasteiger partial charge in [-0.25, -0.2) is 0 Å². The monoisotopic (exact) mass is 345 g/mol. The second-order valence-corrected chi connectivity index (χ2v) is 6.63. The molecule has 0 aliphatic carbocycles. The number of nitrogens with zero attached hydrogens (tertiary/aromatic N) is 1. The molecule has 1 atom stereocenters. The third-order valence-electron chi connectivity index (χ3n) is 4.53. The summed E-state index contributed by atoms with van der Waals surface area (Å²) >= 11 is 0. The number of ketones is 1. The Labute approximate surface area is 149 Å². The highest BCUT2D eigenvalue weighted by molar-refractivity contribution is 6.09. The number of hydrogen-bond donors (Lipinski definition) is 1. The van der Waals surface area contributed by atoms with E-state index >= 15 is 0 Å². The fourth-order valence-electron chi connectivity index (χ4n) is 3.19. The van der Waals surface area contributed by atoms with Crippen LogP contribution in [0.1, 0.15) is 51.6 Å². The first-order valence-electron chi connectivity index (χ1n) is 8.85. The fraction of sp³-hybridized carbons (Fsp3) is 0.500. The SMILES string of the molecule is CCCCCN1C(=O)C(O)=C(C(=O)C(C)C)C1c1ccccc1OC. The molecule has 5 nitrogen and oxygen atoms in total. The third-order valence-corrected chi connectivity index (χ3v) is 4.53. The predicted octanol–water partition coefficient (Wildman–Crippen LogP) is 3.81. The average Bonchev–Trinajstić information content (AvgIpc) is 2.85. The zero-order valence-corrected chi connectivity index (χ0v) is 15.4. The second-order valence-electron chi connectivity index (χ2n) is 6.63. The van der Waals surface area contributed by atoms with Crippen molar-refractivity contribution in [2.45, 2.75) is 46.1 Å². The quantitative estimate of drug-likeness (QED) is 0.728. The summed E-state index contributed by atoms with van der Waals surface area (Å²) in [6.07, 6.45) is 2.83. The summed E-state index contributed by atoms with van der Waals surface area (Å²) < 4.78 is 5.44. The normalized spacial score (nSPS) is 17.6. The molecule has 1 N–H and O–H groups in total. The largest absolute Gasteiger partial charge is 0.503 e. The molecule has 136 valence electrons. The van der Waals surface area contributed by atoms with Crippen molar-refractivity contribution in [2.24, 2.45) is 5.92 Å². The van der Waals surface area contributed by atoms with E-state index in [1.807, 2.05) is 18.2 Å². The van der Waals surface area contributed by atoms with Crippen LogP contribution in [0.5, 0.6) is 5.75 Å². The minimum atomic E-state index is -0.601. The van der Waals surface area contributed by atoms with Crippen LogP contribution in [0, 0.1) is 5.92 Å². The number of carbonyl (C=O) groups excluding carboxylic acids is 2. The Kier molecular flexibility index (Phi) is 6.23. The molecule has 0 bridgehead atoms. The van der Waals surface area contributed by atoms with Gasteiger partial charge in [0.25, 0.3) is 5.91 Å². The maximum absolute atomic E-state index is 12.7. The number of methoxy groups -OCH3 is 1. The van der Waals surface area contributed by atoms with Gasteiger partial charge < -0.3 is 14.7 Å². The smallest absolute Gasteiger partial charge is 0.290 e. The molecule has 0 fully saturated rings. The molecule has 1 aliphatic heterocycles. The van der Waals surface area contributed by atoms with Crippen LogP contribution in [0.4, 0.5) is 0 Å². The molecule has 5 heteroatoms. The zero-order chi connectivity index (χ0) is 18.6. The summed E-state index contributed by atoms with van der Waals surface area (Å²) in [5, 5.41) is 10.4. The molecule has 0 spiro atoms. The van der Waals surface area contributed by atoms with Crippen LogP contribution in [0.25, 0.3) is 0 Å². The molecule has 0 radical (unpaired) electrons. The van der Waals surface area contributed by atoms with Gasteiger partial charge in [-0.2, -0.15) is 0 Å². The average molecular weight is 345 g/mol. The summed E-state index contributed by atoms with van der Waals surface area (Å²) in [6.45, 7) is 6.12. The number of ether oxygens (including phenoxy) is 1. The van der Waals surface area contributed by atoms with Crippen molar-refractivity contribution in [3.05, 3.63) is 41.2 Å². The van der Waals surface area contributed by atoms with Gasteiger partial charge in [-0.3, -0.25) is 9.59 Å². The molecule has 1 aromatic carbocycles. The number of para-hydroxylation sites is 1. The molecular formula is C20H27NO4. The number of carbonyl (C=O) groups is 2. The fourth-order valence-corrected chi connectivity index (χ4v) is 3.19. The maximum atomic E-state index is 12.7. The van der Waals surface area contributed by atoms with Crippen LogP contribution in [-0.4, -0.2) is 35.4 Å². The third kappa shape index (κ3) is 3.70. The van der Waals surface area contributed by atoms with E-state index in [0.717, 1.165) is 24.8 Å². The lowest BCUT2D eigenvalue weighted by molar-refractivity contribution is -0.129. The molecule has 25 heavy (non-hydrogen) atoms. The molecule has 0 saturated carbocycles. The van der Waals surface area contributed by atoms with Crippen LogP contribution in [0.2, 0.25) is 0 Å². The second kappa shape index (κ2) is 8.19. The Morgan fingerprint density at radius 1 is 1.28 bits per heavy atom. The Morgan fingerprint density at radius 2 is 1.96 bits per heavy atom. The Morgan fingerprint density at radius 3 is 2.56 bits per heavy atom. The number of Topliss-reactive ketones (excluding diaryl/α,β-unsaturated/α-hetero) is 1. The van der Waals surface area contributed by atoms with E-state index in [1.165, 1.54) is 0 Å². The van der Waals surface area contributed by atoms with Gasteiger partial charge in [0.1, 0.15) is 5.75 Å². The predicted molar refractivity (Wildman–Crippen MR) is 96.5 cm³/mol. The van der Waals surface area contributed by atoms with E-state index in [-0.39, 0.29) is 17.3 Å². The van der Waals surface area contributed by atoms with Crippen LogP contribution >= 0.6 is 0 Å². The number of aliphatic hydroxyl groups is 1. The van der Waals surface area contributed by atoms with E-state index in [2.05, 4.69) is 6.92 Å². The van der Waals surface area contributed by atoms with Crippen LogP contribution in [-0.2, 0) is 9.59 Å². The van der Waals surface area contributed by atoms with Gasteiger partial charge in [0.15, 0.2) is 11.5 Å². The van der Waals surface area contributed by atoms with Crippen molar-refractivity contribution >= 4 is 11.7 Å². The summed E-state index contributed by atoms with van der Waals surface area (Å²) in [4.78, 5) is 27.0. The van der Waals surface area contributed by atoms with Gasteiger partial charge in [-0.15, -0.1) is 0 Å². The van der Waals surface area contributed by atoms with Gasteiger partial charge in [0, 0.05) is 18.0 Å². The Hall–Kier alpha value is -2.30. The lowest BCUT2D eigenvalue weighted by Crippen LogP contribution is -2.32. The standard InChI is InChI=1S/C20H27NO4/c1-5-6-9-12-21-17(14-10-7-8-11-15(14)25-4)16(18(22)13(2)3)19(23)20(21)24/h7-8,10-11,13,17,23H,5-6,9,12H2,1-4H3. The van der Waals surface area contributed by atoms with Crippen molar-refractivity contribution in [1.29, 1.82) is 0 Å². The molecule has 1 aromatic rings. The minimum absolute atomic E-state index is 0.181. The molecule has 1 unspecified atom stereocenters. The highest BCUT2D eigenvalue weighted by Crippen LogP contribution is 2.42. The molecule has 0 saturated heterocycles. The van der Waals surface area contributed by atoms with Crippen molar-refractivity contribution in [1.82, 2.24) is 4.90 Å². The van der Waals surface area contributed by atoms with Crippen molar-refractivity contribution in [2.75, 3.05) is 13.7 Å². The van der Waals surface area contributed by atoms with E-state index in [0.29, 0.717) is 12.3 Å². The minimum Gasteiger partial charge on any atom is -0.503 e. The first-order chi connectivity index (χ1) is 11.9. The first-order valence-corrected chi connectivity index (χ1v) is 8.85. The molecular weight excluding hydrogens is 318 g/mol. The van der Waals surface area contributed by atoms with Gasteiger partial charge in [-0.1, -0.05) is 51.8 Å². The van der Waals surface area contributed by atoms with E-state index in [1.54, 1.807) is 31.9 Å². The number of unbranched alkanes of at least 4 members (excludes halogenated alkanes) is 2.